The van der Waals surface area contributed by atoms with Crippen molar-refractivity contribution < 1.29 is 9.90 Å². The number of carbonyl (C=O) groups is 1. The number of nitrogens with zero attached hydrogens (tertiary/aromatic N) is 2. The Morgan fingerprint density at radius 2 is 2.04 bits per heavy atom. The van der Waals surface area contributed by atoms with Crippen molar-refractivity contribution in [1.29, 1.82) is 0 Å². The predicted molar refractivity (Wildman–Crippen MR) is 88.9 cm³/mol. The SMILES string of the molecule is O=C(CC1CC1)N1C[C@@H](Cc2ccnc3ccccc23)[C@H](O)C1. The van der Waals surface area contributed by atoms with Crippen LogP contribution < -0.4 is 0 Å². The van der Waals surface area contributed by atoms with Gasteiger partial charge >= 0.3 is 0 Å². The van der Waals surface area contributed by atoms with Crippen LogP contribution >= 0.6 is 0 Å². The number of hydrogen-bond donors (Lipinski definition) is 1. The highest BCUT2D eigenvalue weighted by Gasteiger charge is 2.36. The highest BCUT2D eigenvalue weighted by Crippen LogP contribution is 2.34. The molecule has 1 aliphatic heterocycles. The van der Waals surface area contributed by atoms with Gasteiger partial charge in [-0.15, -0.1) is 0 Å². The number of β-amino-alcohol motifs (C(OH)–C–C–N with tert-alkyl or cyclic N) is 1. The Kier molecular flexibility index (Phi) is 3.77. The van der Waals surface area contributed by atoms with Crippen LogP contribution in [0.2, 0.25) is 0 Å². The first-order valence-electron chi connectivity index (χ1n) is 8.49. The summed E-state index contributed by atoms with van der Waals surface area (Å²) in [7, 11) is 0. The fourth-order valence-electron chi connectivity index (χ4n) is 3.57. The molecule has 23 heavy (non-hydrogen) atoms. The second kappa shape index (κ2) is 5.93. The smallest absolute Gasteiger partial charge is 0.222 e. The van der Waals surface area contributed by atoms with E-state index in [0.29, 0.717) is 25.4 Å². The summed E-state index contributed by atoms with van der Waals surface area (Å²) in [4.78, 5) is 18.5. The zero-order valence-corrected chi connectivity index (χ0v) is 13.2. The molecular formula is C19H22N2O2. The molecule has 2 heterocycles. The summed E-state index contributed by atoms with van der Waals surface area (Å²) in [5, 5.41) is 11.5. The van der Waals surface area contributed by atoms with Crippen LogP contribution in [0.5, 0.6) is 0 Å². The van der Waals surface area contributed by atoms with Crippen LogP contribution in [0.1, 0.15) is 24.8 Å². The van der Waals surface area contributed by atoms with Gasteiger partial charge in [-0.05, 0) is 42.9 Å². The Morgan fingerprint density at radius 3 is 2.87 bits per heavy atom. The van der Waals surface area contributed by atoms with Gasteiger partial charge in [0.05, 0.1) is 11.6 Å². The lowest BCUT2D eigenvalue weighted by molar-refractivity contribution is -0.130. The van der Waals surface area contributed by atoms with E-state index in [1.807, 2.05) is 35.4 Å². The Labute approximate surface area is 136 Å². The molecule has 120 valence electrons. The molecule has 2 atom stereocenters. The maximum atomic E-state index is 12.3. The number of amides is 1. The van der Waals surface area contributed by atoms with Crippen LogP contribution in [-0.2, 0) is 11.2 Å². The predicted octanol–water partition coefficient (Wildman–Crippen LogP) is 2.40. The molecule has 0 spiro atoms. The van der Waals surface area contributed by atoms with Gasteiger partial charge < -0.3 is 10.0 Å². The third-order valence-corrected chi connectivity index (χ3v) is 5.14. The van der Waals surface area contributed by atoms with Crippen LogP contribution in [0.25, 0.3) is 10.9 Å². The van der Waals surface area contributed by atoms with Crippen molar-refractivity contribution in [2.75, 3.05) is 13.1 Å². The quantitative estimate of drug-likeness (QED) is 0.943. The highest BCUT2D eigenvalue weighted by atomic mass is 16.3. The standard InChI is InChI=1S/C19H22N2O2/c22-18-12-21(19(23)9-13-5-6-13)11-15(18)10-14-7-8-20-17-4-2-1-3-16(14)17/h1-4,7-8,13,15,18,22H,5-6,9-12H2/t15-,18-/m1/s1. The minimum absolute atomic E-state index is 0.115. The number of fused-ring (bicyclic) bond motifs is 1. The third-order valence-electron chi connectivity index (χ3n) is 5.14. The summed E-state index contributed by atoms with van der Waals surface area (Å²) in [6.45, 7) is 1.16. The van der Waals surface area contributed by atoms with E-state index in [4.69, 9.17) is 0 Å². The minimum Gasteiger partial charge on any atom is -0.391 e. The van der Waals surface area contributed by atoms with Gasteiger partial charge in [0, 0.05) is 37.0 Å². The zero-order valence-electron chi connectivity index (χ0n) is 13.2. The molecule has 0 bridgehead atoms. The molecule has 1 saturated heterocycles. The zero-order chi connectivity index (χ0) is 15.8. The number of carbonyl (C=O) groups excluding carboxylic acids is 1. The van der Waals surface area contributed by atoms with E-state index in [-0.39, 0.29) is 11.8 Å². The van der Waals surface area contributed by atoms with Crippen LogP contribution in [0.4, 0.5) is 0 Å². The second-order valence-corrected chi connectivity index (χ2v) is 6.96. The van der Waals surface area contributed by atoms with Crippen molar-refractivity contribution >= 4 is 16.8 Å². The Bertz CT molecular complexity index is 721. The molecule has 1 aliphatic carbocycles. The van der Waals surface area contributed by atoms with Crippen LogP contribution in [0.3, 0.4) is 0 Å². The van der Waals surface area contributed by atoms with Gasteiger partial charge in [0.15, 0.2) is 0 Å². The second-order valence-electron chi connectivity index (χ2n) is 6.96. The Hall–Kier alpha value is -1.94. The van der Waals surface area contributed by atoms with Crippen molar-refractivity contribution in [3.8, 4) is 0 Å². The molecule has 2 fully saturated rings. The van der Waals surface area contributed by atoms with E-state index in [2.05, 4.69) is 11.1 Å². The fourth-order valence-corrected chi connectivity index (χ4v) is 3.57. The number of benzene rings is 1. The number of rotatable bonds is 4. The summed E-state index contributed by atoms with van der Waals surface area (Å²) >= 11 is 0. The van der Waals surface area contributed by atoms with Gasteiger partial charge in [0.2, 0.25) is 5.91 Å². The number of hydrogen-bond acceptors (Lipinski definition) is 3. The average Bonchev–Trinajstić information content (AvgIpc) is 3.30. The van der Waals surface area contributed by atoms with Crippen molar-refractivity contribution in [3.63, 3.8) is 0 Å². The van der Waals surface area contributed by atoms with Gasteiger partial charge in [-0.1, -0.05) is 18.2 Å². The van der Waals surface area contributed by atoms with Crippen molar-refractivity contribution in [3.05, 3.63) is 42.1 Å². The first-order valence-corrected chi connectivity index (χ1v) is 8.49. The maximum absolute atomic E-state index is 12.3. The van der Waals surface area contributed by atoms with Crippen molar-refractivity contribution in [2.24, 2.45) is 11.8 Å². The monoisotopic (exact) mass is 310 g/mol. The van der Waals surface area contributed by atoms with E-state index >= 15 is 0 Å². The lowest BCUT2D eigenvalue weighted by Gasteiger charge is -2.16. The molecule has 4 nitrogen and oxygen atoms in total. The third kappa shape index (κ3) is 3.08. The van der Waals surface area contributed by atoms with Crippen molar-refractivity contribution in [2.45, 2.75) is 31.8 Å². The topological polar surface area (TPSA) is 53.4 Å². The first-order chi connectivity index (χ1) is 11.2. The summed E-state index contributed by atoms with van der Waals surface area (Å²) in [6, 6.07) is 10.1. The van der Waals surface area contributed by atoms with E-state index in [1.54, 1.807) is 0 Å². The number of para-hydroxylation sites is 1. The molecule has 4 heteroatoms. The van der Waals surface area contributed by atoms with E-state index in [9.17, 15) is 9.90 Å². The molecule has 1 saturated carbocycles. The van der Waals surface area contributed by atoms with Gasteiger partial charge in [-0.25, -0.2) is 0 Å². The van der Waals surface area contributed by atoms with Crippen LogP contribution in [0, 0.1) is 11.8 Å². The van der Waals surface area contributed by atoms with E-state index < -0.39 is 6.10 Å². The molecule has 1 aromatic heterocycles. The molecule has 2 aromatic rings. The number of aliphatic hydroxyl groups is 1. The van der Waals surface area contributed by atoms with Gasteiger partial charge in [-0.3, -0.25) is 9.78 Å². The number of aromatic nitrogens is 1. The maximum Gasteiger partial charge on any atom is 0.222 e. The highest BCUT2D eigenvalue weighted by molar-refractivity contribution is 5.82. The summed E-state index contributed by atoms with van der Waals surface area (Å²) in [5.74, 6) is 0.931. The molecule has 4 rings (SSSR count). The fraction of sp³-hybridized carbons (Fsp3) is 0.474. The Balaban J connectivity index is 1.48. The summed E-state index contributed by atoms with van der Waals surface area (Å²) in [6.07, 6.45) is 5.23. The summed E-state index contributed by atoms with van der Waals surface area (Å²) < 4.78 is 0. The molecule has 0 unspecified atom stereocenters. The Morgan fingerprint density at radius 1 is 1.22 bits per heavy atom. The van der Waals surface area contributed by atoms with Gasteiger partial charge in [0.1, 0.15) is 0 Å². The van der Waals surface area contributed by atoms with Crippen molar-refractivity contribution in [1.82, 2.24) is 9.88 Å². The number of pyridine rings is 1. The number of likely N-dealkylation sites (tertiary alicyclic amines) is 1. The molecule has 1 amide bonds. The molecule has 0 radical (unpaired) electrons. The van der Waals surface area contributed by atoms with Crippen LogP contribution in [0.15, 0.2) is 36.5 Å². The van der Waals surface area contributed by atoms with Gasteiger partial charge in [0.25, 0.3) is 0 Å². The average molecular weight is 310 g/mol. The molecule has 1 aromatic carbocycles. The first kappa shape index (κ1) is 14.6. The molecule has 1 N–H and O–H groups in total. The normalized spacial score (nSPS) is 24.3. The largest absolute Gasteiger partial charge is 0.391 e. The molecule has 2 aliphatic rings. The van der Waals surface area contributed by atoms with Gasteiger partial charge in [-0.2, -0.15) is 0 Å². The van der Waals surface area contributed by atoms with E-state index in [0.717, 1.165) is 17.3 Å². The van der Waals surface area contributed by atoms with E-state index in [1.165, 1.54) is 18.4 Å². The molecular weight excluding hydrogens is 288 g/mol. The lowest BCUT2D eigenvalue weighted by Crippen LogP contribution is -2.29. The summed E-state index contributed by atoms with van der Waals surface area (Å²) in [5.41, 5.74) is 2.19. The van der Waals surface area contributed by atoms with Crippen LogP contribution in [-0.4, -0.2) is 40.1 Å². The minimum atomic E-state index is -0.426. The number of aliphatic hydroxyl groups excluding tert-OH is 1. The lowest BCUT2D eigenvalue weighted by atomic mass is 9.94.